The molecule has 2 N–H and O–H groups in total. The van der Waals surface area contributed by atoms with E-state index < -0.39 is 0 Å². The number of hydrogen-bond acceptors (Lipinski definition) is 3. The summed E-state index contributed by atoms with van der Waals surface area (Å²) in [7, 11) is 0. The summed E-state index contributed by atoms with van der Waals surface area (Å²) in [6.07, 6.45) is 0. The molecule has 0 aliphatic heterocycles. The van der Waals surface area contributed by atoms with Crippen molar-refractivity contribution in [3.05, 3.63) is 28.2 Å². The molecule has 18 heavy (non-hydrogen) atoms. The number of aliphatic hydroxyl groups excluding tert-OH is 1. The first-order chi connectivity index (χ1) is 8.52. The highest BCUT2D eigenvalue weighted by Gasteiger charge is 2.07. The summed E-state index contributed by atoms with van der Waals surface area (Å²) < 4.78 is 5.25. The molecule has 0 saturated heterocycles. The first-order valence-corrected chi connectivity index (χ1v) is 6.24. The van der Waals surface area contributed by atoms with E-state index in [-0.39, 0.29) is 25.0 Å². The lowest BCUT2D eigenvalue weighted by atomic mass is 10.2. The highest BCUT2D eigenvalue weighted by atomic mass is 35.5. The molecule has 0 saturated carbocycles. The summed E-state index contributed by atoms with van der Waals surface area (Å²) >= 11 is 11.6. The maximum Gasteiger partial charge on any atom is 0.257 e. The summed E-state index contributed by atoms with van der Waals surface area (Å²) in [5.41, 5.74) is 0. The Morgan fingerprint density at radius 1 is 1.50 bits per heavy atom. The number of amides is 1. The molecule has 100 valence electrons. The van der Waals surface area contributed by atoms with Gasteiger partial charge in [0, 0.05) is 18.2 Å². The fourth-order valence-corrected chi connectivity index (χ4v) is 1.60. The van der Waals surface area contributed by atoms with Gasteiger partial charge in [0.15, 0.2) is 6.61 Å². The van der Waals surface area contributed by atoms with Crippen LogP contribution in [0.5, 0.6) is 5.75 Å². The van der Waals surface area contributed by atoms with Gasteiger partial charge in [-0.05, 0) is 24.1 Å². The lowest BCUT2D eigenvalue weighted by Gasteiger charge is -2.11. The number of ether oxygens (including phenoxy) is 1. The van der Waals surface area contributed by atoms with Gasteiger partial charge in [-0.1, -0.05) is 30.1 Å². The maximum atomic E-state index is 11.4. The highest BCUT2D eigenvalue weighted by Crippen LogP contribution is 2.27. The van der Waals surface area contributed by atoms with Crippen molar-refractivity contribution in [2.24, 2.45) is 5.92 Å². The van der Waals surface area contributed by atoms with Crippen molar-refractivity contribution in [1.82, 2.24) is 5.32 Å². The molecule has 0 aliphatic carbocycles. The van der Waals surface area contributed by atoms with Gasteiger partial charge < -0.3 is 15.2 Å². The molecular weight excluding hydrogens is 277 g/mol. The average Bonchev–Trinajstić information content (AvgIpc) is 2.34. The number of carbonyl (C=O) groups is 1. The minimum absolute atomic E-state index is 0.0214. The zero-order chi connectivity index (χ0) is 13.5. The molecule has 1 unspecified atom stereocenters. The third kappa shape index (κ3) is 5.12. The topological polar surface area (TPSA) is 58.6 Å². The molecule has 0 aliphatic rings. The summed E-state index contributed by atoms with van der Waals surface area (Å²) in [5, 5.41) is 12.3. The normalized spacial score (nSPS) is 12.0. The summed E-state index contributed by atoms with van der Waals surface area (Å²) in [4.78, 5) is 11.4. The average molecular weight is 292 g/mol. The molecule has 6 heteroatoms. The Hall–Kier alpha value is -0.970. The van der Waals surface area contributed by atoms with E-state index in [1.165, 1.54) is 0 Å². The van der Waals surface area contributed by atoms with E-state index in [0.717, 1.165) is 0 Å². The third-order valence-electron chi connectivity index (χ3n) is 2.21. The summed E-state index contributed by atoms with van der Waals surface area (Å²) in [6, 6.07) is 4.78. The highest BCUT2D eigenvalue weighted by molar-refractivity contribution is 6.35. The van der Waals surface area contributed by atoms with E-state index >= 15 is 0 Å². The third-order valence-corrected chi connectivity index (χ3v) is 2.74. The monoisotopic (exact) mass is 291 g/mol. The molecule has 0 radical (unpaired) electrons. The summed E-state index contributed by atoms with van der Waals surface area (Å²) in [6.45, 7) is 2.15. The molecule has 0 bridgehead atoms. The van der Waals surface area contributed by atoms with E-state index in [1.807, 2.05) is 6.92 Å². The first kappa shape index (κ1) is 15.1. The van der Waals surface area contributed by atoms with Crippen LogP contribution in [0, 0.1) is 5.92 Å². The van der Waals surface area contributed by atoms with Gasteiger partial charge in [-0.15, -0.1) is 0 Å². The lowest BCUT2D eigenvalue weighted by Crippen LogP contribution is -2.33. The molecule has 1 atom stereocenters. The van der Waals surface area contributed by atoms with E-state index in [1.54, 1.807) is 18.2 Å². The number of halogens is 2. The van der Waals surface area contributed by atoms with Crippen LogP contribution in [-0.2, 0) is 4.79 Å². The van der Waals surface area contributed by atoms with Crippen LogP contribution in [0.2, 0.25) is 10.0 Å². The molecule has 1 aromatic carbocycles. The fraction of sp³-hybridized carbons (Fsp3) is 0.417. The second-order valence-corrected chi connectivity index (χ2v) is 4.80. The number of aliphatic hydroxyl groups is 1. The van der Waals surface area contributed by atoms with Crippen LogP contribution >= 0.6 is 23.2 Å². The van der Waals surface area contributed by atoms with Gasteiger partial charge in [-0.3, -0.25) is 4.79 Å². The predicted octanol–water partition coefficient (Wildman–Crippen LogP) is 2.12. The Balaban J connectivity index is 2.38. The predicted molar refractivity (Wildman–Crippen MR) is 71.2 cm³/mol. The van der Waals surface area contributed by atoms with E-state index in [2.05, 4.69) is 5.32 Å². The van der Waals surface area contributed by atoms with Crippen molar-refractivity contribution in [3.8, 4) is 5.75 Å². The Kier molecular flexibility index (Phi) is 6.25. The Labute approximate surface area is 116 Å². The van der Waals surface area contributed by atoms with E-state index in [9.17, 15) is 4.79 Å². The number of carbonyl (C=O) groups excluding carboxylic acids is 1. The largest absolute Gasteiger partial charge is 0.482 e. The van der Waals surface area contributed by atoms with Crippen LogP contribution in [0.15, 0.2) is 18.2 Å². The minimum atomic E-state index is -0.263. The lowest BCUT2D eigenvalue weighted by molar-refractivity contribution is -0.123. The SMILES string of the molecule is CC(CO)CNC(=O)COc1ccc(Cl)cc1Cl. The van der Waals surface area contributed by atoms with Crippen molar-refractivity contribution in [3.63, 3.8) is 0 Å². The van der Waals surface area contributed by atoms with Gasteiger partial charge in [0.1, 0.15) is 5.75 Å². The maximum absolute atomic E-state index is 11.4. The smallest absolute Gasteiger partial charge is 0.257 e. The van der Waals surface area contributed by atoms with Crippen molar-refractivity contribution < 1.29 is 14.6 Å². The van der Waals surface area contributed by atoms with Crippen LogP contribution < -0.4 is 10.1 Å². The van der Waals surface area contributed by atoms with Crippen LogP contribution in [-0.4, -0.2) is 30.8 Å². The Bertz CT molecular complexity index is 412. The van der Waals surface area contributed by atoms with Crippen LogP contribution in [0.3, 0.4) is 0 Å². The van der Waals surface area contributed by atoms with E-state index in [4.69, 9.17) is 33.0 Å². The first-order valence-electron chi connectivity index (χ1n) is 5.48. The van der Waals surface area contributed by atoms with Crippen LogP contribution in [0.4, 0.5) is 0 Å². The number of rotatable bonds is 6. The van der Waals surface area contributed by atoms with Gasteiger partial charge >= 0.3 is 0 Å². The molecule has 4 nitrogen and oxygen atoms in total. The number of nitrogens with one attached hydrogen (secondary N) is 1. The summed E-state index contributed by atoms with van der Waals surface area (Å²) in [5.74, 6) is 0.167. The molecular formula is C12H15Cl2NO3. The molecule has 0 spiro atoms. The Morgan fingerprint density at radius 2 is 2.22 bits per heavy atom. The zero-order valence-corrected chi connectivity index (χ0v) is 11.5. The van der Waals surface area contributed by atoms with Crippen molar-refractivity contribution in [2.75, 3.05) is 19.8 Å². The van der Waals surface area contributed by atoms with Crippen LogP contribution in [0.25, 0.3) is 0 Å². The second-order valence-electron chi connectivity index (χ2n) is 3.96. The van der Waals surface area contributed by atoms with Crippen molar-refractivity contribution in [2.45, 2.75) is 6.92 Å². The molecule has 0 heterocycles. The fourth-order valence-electron chi connectivity index (χ4n) is 1.14. The van der Waals surface area contributed by atoms with Gasteiger partial charge in [0.2, 0.25) is 0 Å². The van der Waals surface area contributed by atoms with Gasteiger partial charge in [0.05, 0.1) is 5.02 Å². The van der Waals surface area contributed by atoms with E-state index in [0.29, 0.717) is 22.3 Å². The van der Waals surface area contributed by atoms with Gasteiger partial charge in [-0.25, -0.2) is 0 Å². The quantitative estimate of drug-likeness (QED) is 0.844. The number of benzene rings is 1. The molecule has 0 aromatic heterocycles. The Morgan fingerprint density at radius 3 is 2.83 bits per heavy atom. The molecule has 1 aromatic rings. The van der Waals surface area contributed by atoms with Crippen molar-refractivity contribution in [1.29, 1.82) is 0 Å². The minimum Gasteiger partial charge on any atom is -0.482 e. The van der Waals surface area contributed by atoms with Crippen LogP contribution in [0.1, 0.15) is 6.92 Å². The van der Waals surface area contributed by atoms with Crippen molar-refractivity contribution >= 4 is 29.1 Å². The molecule has 1 amide bonds. The molecule has 0 fully saturated rings. The zero-order valence-electron chi connectivity index (χ0n) is 9.95. The number of hydrogen-bond donors (Lipinski definition) is 2. The van der Waals surface area contributed by atoms with Gasteiger partial charge in [-0.2, -0.15) is 0 Å². The second kappa shape index (κ2) is 7.46. The standard InChI is InChI=1S/C12H15Cl2NO3/c1-8(6-16)5-15-12(17)7-18-11-3-2-9(13)4-10(11)14/h2-4,8,16H,5-7H2,1H3,(H,15,17). The van der Waals surface area contributed by atoms with Gasteiger partial charge in [0.25, 0.3) is 5.91 Å². The molecule has 1 rings (SSSR count).